The molecule has 4 rings (SSSR count). The number of carbonyl (C=O) groups is 1. The van der Waals surface area contributed by atoms with Crippen molar-refractivity contribution in [3.8, 4) is 11.5 Å². The van der Waals surface area contributed by atoms with Gasteiger partial charge in [0.1, 0.15) is 11.5 Å². The third-order valence-electron chi connectivity index (χ3n) is 7.63. The Labute approximate surface area is 219 Å². The molecule has 1 saturated heterocycles. The highest BCUT2D eigenvalue weighted by molar-refractivity contribution is 5.83. The van der Waals surface area contributed by atoms with E-state index >= 15 is 0 Å². The minimum atomic E-state index is -0.736. The van der Waals surface area contributed by atoms with Crippen LogP contribution in [-0.4, -0.2) is 59.9 Å². The van der Waals surface area contributed by atoms with Gasteiger partial charge in [0.05, 0.1) is 31.8 Å². The first-order valence-corrected chi connectivity index (χ1v) is 13.2. The lowest BCUT2D eigenvalue weighted by atomic mass is 9.81. The number of nitrogens with zero attached hydrogens (tertiary/aromatic N) is 2. The van der Waals surface area contributed by atoms with Crippen LogP contribution in [-0.2, 0) is 11.2 Å². The normalized spacial score (nSPS) is 19.0. The van der Waals surface area contributed by atoms with Gasteiger partial charge in [0.15, 0.2) is 0 Å². The maximum atomic E-state index is 12.1. The number of carboxylic acids is 1. The maximum absolute atomic E-state index is 12.1. The van der Waals surface area contributed by atoms with Gasteiger partial charge in [0, 0.05) is 18.1 Å². The highest BCUT2D eigenvalue weighted by Crippen LogP contribution is 2.34. The standard InChI is InChI=1S/C30H38N2O5/c1-36-23-8-5-7-21(18-23)6-3-4-16-32-17-14-22(27(20-32)30(34)35)9-12-29(33)25-13-15-31-28-11-10-24(37-2)19-26(25)28/h5,7-8,10-11,13,15,18-19,22,27,29,33H,3-4,6,9,12,14,16-17,20H2,1-2H3,(H,34,35)/t22-,27+,29?/m1/s1. The van der Waals surface area contributed by atoms with E-state index in [-0.39, 0.29) is 5.92 Å². The molecule has 37 heavy (non-hydrogen) atoms. The van der Waals surface area contributed by atoms with E-state index in [9.17, 15) is 15.0 Å². The smallest absolute Gasteiger partial charge is 0.308 e. The molecule has 1 aliphatic heterocycles. The molecule has 198 valence electrons. The van der Waals surface area contributed by atoms with Crippen LogP contribution in [0.4, 0.5) is 0 Å². The first-order valence-electron chi connectivity index (χ1n) is 13.2. The molecule has 3 atom stereocenters. The van der Waals surface area contributed by atoms with E-state index in [1.807, 2.05) is 36.4 Å². The Hall–Kier alpha value is -3.16. The molecule has 7 heteroatoms. The number of aliphatic carboxylic acids is 1. The Balaban J connectivity index is 1.28. The quantitative estimate of drug-likeness (QED) is 0.330. The molecule has 7 nitrogen and oxygen atoms in total. The fourth-order valence-electron chi connectivity index (χ4n) is 5.48. The molecule has 0 bridgehead atoms. The summed E-state index contributed by atoms with van der Waals surface area (Å²) in [5.74, 6) is 0.512. The lowest BCUT2D eigenvalue weighted by Gasteiger charge is -2.37. The molecule has 1 aliphatic rings. The molecule has 0 radical (unpaired) electrons. The summed E-state index contributed by atoms with van der Waals surface area (Å²) >= 11 is 0. The number of aliphatic hydroxyl groups excluding tert-OH is 1. The second kappa shape index (κ2) is 12.9. The molecule has 0 saturated carbocycles. The van der Waals surface area contributed by atoms with Gasteiger partial charge in [-0.1, -0.05) is 12.1 Å². The number of likely N-dealkylation sites (tertiary alicyclic amines) is 1. The highest BCUT2D eigenvalue weighted by atomic mass is 16.5. The number of fused-ring (bicyclic) bond motifs is 1. The van der Waals surface area contributed by atoms with Gasteiger partial charge in [0.25, 0.3) is 0 Å². The number of hydrogen-bond acceptors (Lipinski definition) is 6. The van der Waals surface area contributed by atoms with E-state index in [1.54, 1.807) is 20.4 Å². The van der Waals surface area contributed by atoms with Crippen LogP contribution in [0.3, 0.4) is 0 Å². The molecular formula is C30H38N2O5. The van der Waals surface area contributed by atoms with E-state index in [1.165, 1.54) is 5.56 Å². The average molecular weight is 507 g/mol. The number of benzene rings is 2. The minimum absolute atomic E-state index is 0.0582. The van der Waals surface area contributed by atoms with Gasteiger partial charge in [0.2, 0.25) is 0 Å². The number of aromatic nitrogens is 1. The summed E-state index contributed by atoms with van der Waals surface area (Å²) in [4.78, 5) is 18.8. The number of carboxylic acid groups (broad SMARTS) is 1. The van der Waals surface area contributed by atoms with Crippen molar-refractivity contribution in [2.45, 2.75) is 44.6 Å². The number of piperidine rings is 1. The second-order valence-corrected chi connectivity index (χ2v) is 9.98. The van der Waals surface area contributed by atoms with Crippen molar-refractivity contribution in [2.75, 3.05) is 33.9 Å². The van der Waals surface area contributed by atoms with Crippen LogP contribution in [0.5, 0.6) is 11.5 Å². The number of pyridine rings is 1. The van der Waals surface area contributed by atoms with Crippen LogP contribution < -0.4 is 9.47 Å². The average Bonchev–Trinajstić information content (AvgIpc) is 2.93. The largest absolute Gasteiger partial charge is 0.497 e. The Morgan fingerprint density at radius 3 is 2.70 bits per heavy atom. The summed E-state index contributed by atoms with van der Waals surface area (Å²) in [7, 11) is 3.30. The van der Waals surface area contributed by atoms with Crippen molar-refractivity contribution in [1.29, 1.82) is 0 Å². The van der Waals surface area contributed by atoms with Crippen molar-refractivity contribution in [2.24, 2.45) is 11.8 Å². The minimum Gasteiger partial charge on any atom is -0.497 e. The fraction of sp³-hybridized carbons (Fsp3) is 0.467. The Kier molecular flexibility index (Phi) is 9.36. The molecular weight excluding hydrogens is 468 g/mol. The van der Waals surface area contributed by atoms with Crippen molar-refractivity contribution < 1.29 is 24.5 Å². The predicted molar refractivity (Wildman–Crippen MR) is 144 cm³/mol. The zero-order chi connectivity index (χ0) is 26.2. The van der Waals surface area contributed by atoms with Crippen LogP contribution in [0.1, 0.15) is 49.3 Å². The van der Waals surface area contributed by atoms with E-state index in [0.29, 0.717) is 19.4 Å². The third-order valence-corrected chi connectivity index (χ3v) is 7.63. The van der Waals surface area contributed by atoms with Gasteiger partial charge in [-0.15, -0.1) is 0 Å². The van der Waals surface area contributed by atoms with Gasteiger partial charge in [-0.2, -0.15) is 0 Å². The summed E-state index contributed by atoms with van der Waals surface area (Å²) < 4.78 is 10.6. The number of hydrogen-bond donors (Lipinski definition) is 2. The third kappa shape index (κ3) is 6.99. The van der Waals surface area contributed by atoms with Crippen LogP contribution in [0.2, 0.25) is 0 Å². The molecule has 0 aliphatic carbocycles. The zero-order valence-corrected chi connectivity index (χ0v) is 21.8. The van der Waals surface area contributed by atoms with Crippen molar-refractivity contribution in [1.82, 2.24) is 9.88 Å². The van der Waals surface area contributed by atoms with E-state index in [0.717, 1.165) is 66.7 Å². The molecule has 3 aromatic rings. The van der Waals surface area contributed by atoms with Gasteiger partial charge < -0.3 is 24.6 Å². The molecule has 0 amide bonds. The van der Waals surface area contributed by atoms with E-state index in [4.69, 9.17) is 9.47 Å². The lowest BCUT2D eigenvalue weighted by molar-refractivity contribution is -0.146. The summed E-state index contributed by atoms with van der Waals surface area (Å²) in [5, 5.41) is 21.8. The maximum Gasteiger partial charge on any atom is 0.308 e. The molecule has 2 aromatic carbocycles. The zero-order valence-electron chi connectivity index (χ0n) is 21.8. The van der Waals surface area contributed by atoms with E-state index in [2.05, 4.69) is 22.0 Å². The monoisotopic (exact) mass is 506 g/mol. The van der Waals surface area contributed by atoms with Crippen molar-refractivity contribution >= 4 is 16.9 Å². The summed E-state index contributed by atoms with van der Waals surface area (Å²) in [5.41, 5.74) is 2.88. The predicted octanol–water partition coefficient (Wildman–Crippen LogP) is 5.11. The van der Waals surface area contributed by atoms with Gasteiger partial charge >= 0.3 is 5.97 Å². The van der Waals surface area contributed by atoms with Gasteiger partial charge in [-0.05, 0) is 105 Å². The highest BCUT2D eigenvalue weighted by Gasteiger charge is 2.34. The first-order chi connectivity index (χ1) is 18.0. The summed E-state index contributed by atoms with van der Waals surface area (Å²) in [6, 6.07) is 15.6. The van der Waals surface area contributed by atoms with E-state index < -0.39 is 18.0 Å². The van der Waals surface area contributed by atoms with Crippen molar-refractivity contribution in [3.63, 3.8) is 0 Å². The number of ether oxygens (including phenoxy) is 2. The fourth-order valence-corrected chi connectivity index (χ4v) is 5.48. The number of aryl methyl sites for hydroxylation is 1. The molecule has 2 N–H and O–H groups in total. The van der Waals surface area contributed by atoms with Gasteiger partial charge in [-0.3, -0.25) is 9.78 Å². The Morgan fingerprint density at radius 2 is 1.92 bits per heavy atom. The molecule has 2 heterocycles. The summed E-state index contributed by atoms with van der Waals surface area (Å²) in [6.07, 6.45) is 6.14. The lowest BCUT2D eigenvalue weighted by Crippen LogP contribution is -2.44. The number of rotatable bonds is 12. The second-order valence-electron chi connectivity index (χ2n) is 9.98. The van der Waals surface area contributed by atoms with Crippen LogP contribution in [0, 0.1) is 11.8 Å². The van der Waals surface area contributed by atoms with Crippen LogP contribution in [0.25, 0.3) is 10.9 Å². The molecule has 0 spiro atoms. The number of unbranched alkanes of at least 4 members (excludes halogenated alkanes) is 1. The number of aliphatic hydroxyl groups is 1. The number of methoxy groups -OCH3 is 2. The molecule has 1 unspecified atom stereocenters. The SMILES string of the molecule is COc1cccc(CCCCN2CC[C@@H](CCC(O)c3ccnc4ccc(OC)cc34)[C@@H](C(=O)O)C2)c1. The Bertz CT molecular complexity index is 1180. The topological polar surface area (TPSA) is 92.1 Å². The van der Waals surface area contributed by atoms with Crippen LogP contribution >= 0.6 is 0 Å². The molecule has 1 fully saturated rings. The van der Waals surface area contributed by atoms with Crippen LogP contribution in [0.15, 0.2) is 54.7 Å². The molecule has 1 aromatic heterocycles. The van der Waals surface area contributed by atoms with Crippen molar-refractivity contribution in [3.05, 3.63) is 65.9 Å². The summed E-state index contributed by atoms with van der Waals surface area (Å²) in [6.45, 7) is 2.39. The first kappa shape index (κ1) is 26.9. The van der Waals surface area contributed by atoms with Gasteiger partial charge in [-0.25, -0.2) is 0 Å². The Morgan fingerprint density at radius 1 is 1.11 bits per heavy atom.